The van der Waals surface area contributed by atoms with Crippen molar-refractivity contribution in [2.24, 2.45) is 16.5 Å². The molecular formula is C5H10N4. The van der Waals surface area contributed by atoms with E-state index in [1.165, 1.54) is 0 Å². The molecule has 0 amide bonds. The van der Waals surface area contributed by atoms with Gasteiger partial charge >= 0.3 is 0 Å². The maximum atomic E-state index is 5.54. The molecule has 0 aromatic rings. The lowest BCUT2D eigenvalue weighted by Gasteiger charge is -2.23. The molecule has 4 nitrogen and oxygen atoms in total. The predicted octanol–water partition coefficient (Wildman–Crippen LogP) is -0.907. The molecule has 0 saturated heterocycles. The molecule has 0 fully saturated rings. The molecule has 50 valence electrons. The van der Waals surface area contributed by atoms with Crippen LogP contribution in [0.2, 0.25) is 0 Å². The third-order valence-electron chi connectivity index (χ3n) is 0.991. The highest BCUT2D eigenvalue weighted by Crippen LogP contribution is 1.99. The van der Waals surface area contributed by atoms with Crippen molar-refractivity contribution in [2.45, 2.75) is 12.7 Å². The number of aliphatic imine (C=N–C) groups is 1. The molecule has 0 radical (unpaired) electrons. The lowest BCUT2D eigenvalue weighted by molar-refractivity contribution is 0.435. The summed E-state index contributed by atoms with van der Waals surface area (Å²) in [4.78, 5) is 3.89. The molecule has 0 aliphatic carbocycles. The van der Waals surface area contributed by atoms with Gasteiger partial charge in [0, 0.05) is 6.20 Å². The lowest BCUT2D eigenvalue weighted by Crippen LogP contribution is -2.49. The van der Waals surface area contributed by atoms with Gasteiger partial charge in [-0.1, -0.05) is 0 Å². The zero-order valence-electron chi connectivity index (χ0n) is 5.26. The summed E-state index contributed by atoms with van der Waals surface area (Å²) in [6.45, 7) is 1.74. The van der Waals surface area contributed by atoms with Gasteiger partial charge < -0.3 is 11.1 Å². The van der Waals surface area contributed by atoms with Crippen molar-refractivity contribution in [3.63, 3.8) is 0 Å². The van der Waals surface area contributed by atoms with Gasteiger partial charge in [-0.05, 0) is 13.0 Å². The predicted molar refractivity (Wildman–Crippen MR) is 36.5 cm³/mol. The number of nitrogens with two attached hydrogens (primary N) is 2. The molecule has 9 heavy (non-hydrogen) atoms. The highest BCUT2D eigenvalue weighted by molar-refractivity contribution is 5.92. The van der Waals surface area contributed by atoms with E-state index in [0.717, 1.165) is 0 Å². The van der Waals surface area contributed by atoms with E-state index in [0.29, 0.717) is 5.84 Å². The fraction of sp³-hybridized carbons (Fsp3) is 0.400. The van der Waals surface area contributed by atoms with Crippen molar-refractivity contribution in [3.05, 3.63) is 12.3 Å². The van der Waals surface area contributed by atoms with Gasteiger partial charge in [-0.3, -0.25) is 5.73 Å². The lowest BCUT2D eigenvalue weighted by atomic mass is 10.3. The van der Waals surface area contributed by atoms with Crippen molar-refractivity contribution in [1.82, 2.24) is 5.32 Å². The van der Waals surface area contributed by atoms with Gasteiger partial charge in [0.2, 0.25) is 0 Å². The second kappa shape index (κ2) is 1.73. The molecule has 0 saturated carbocycles. The topological polar surface area (TPSA) is 76.4 Å². The normalized spacial score (nSPS) is 33.3. The van der Waals surface area contributed by atoms with Crippen LogP contribution in [0.25, 0.3) is 0 Å². The first-order valence-electron chi connectivity index (χ1n) is 2.69. The SMILES string of the molecule is CC1(N)N=C(N)C=CN1. The van der Waals surface area contributed by atoms with E-state index in [1.54, 1.807) is 19.2 Å². The Morgan fingerprint density at radius 2 is 2.44 bits per heavy atom. The molecule has 0 aromatic carbocycles. The Kier molecular flexibility index (Phi) is 1.17. The van der Waals surface area contributed by atoms with E-state index in [9.17, 15) is 0 Å². The van der Waals surface area contributed by atoms with Crippen molar-refractivity contribution in [1.29, 1.82) is 0 Å². The largest absolute Gasteiger partial charge is 0.384 e. The first-order valence-corrected chi connectivity index (χ1v) is 2.69. The molecule has 0 bridgehead atoms. The number of amidine groups is 1. The molecule has 1 heterocycles. The van der Waals surface area contributed by atoms with Crippen LogP contribution in [0.3, 0.4) is 0 Å². The minimum Gasteiger partial charge on any atom is -0.384 e. The maximum absolute atomic E-state index is 5.54. The molecule has 4 heteroatoms. The van der Waals surface area contributed by atoms with E-state index in [2.05, 4.69) is 10.3 Å². The minimum atomic E-state index is -0.723. The Balaban J connectivity index is 2.78. The zero-order valence-corrected chi connectivity index (χ0v) is 5.26. The van der Waals surface area contributed by atoms with Crippen molar-refractivity contribution < 1.29 is 0 Å². The van der Waals surface area contributed by atoms with Gasteiger partial charge in [-0.15, -0.1) is 0 Å². The molecule has 0 aromatic heterocycles. The Hall–Kier alpha value is -1.03. The first kappa shape index (κ1) is 6.10. The van der Waals surface area contributed by atoms with Crippen LogP contribution in [0.15, 0.2) is 17.3 Å². The summed E-state index contributed by atoms with van der Waals surface area (Å²) in [5.41, 5.74) is 10.9. The summed E-state index contributed by atoms with van der Waals surface area (Å²) in [7, 11) is 0. The Morgan fingerprint density at radius 3 is 2.78 bits per heavy atom. The monoisotopic (exact) mass is 126 g/mol. The van der Waals surface area contributed by atoms with E-state index >= 15 is 0 Å². The highest BCUT2D eigenvalue weighted by atomic mass is 15.3. The first-order chi connectivity index (χ1) is 4.10. The van der Waals surface area contributed by atoms with Crippen LogP contribution < -0.4 is 16.8 Å². The summed E-state index contributed by atoms with van der Waals surface area (Å²) in [6, 6.07) is 0. The molecule has 1 aliphatic heterocycles. The van der Waals surface area contributed by atoms with Gasteiger partial charge in [0.25, 0.3) is 0 Å². The van der Waals surface area contributed by atoms with Crippen LogP contribution in [-0.4, -0.2) is 11.6 Å². The highest BCUT2D eigenvalue weighted by Gasteiger charge is 2.15. The quantitative estimate of drug-likeness (QED) is 0.393. The van der Waals surface area contributed by atoms with E-state index in [4.69, 9.17) is 11.5 Å². The molecule has 5 N–H and O–H groups in total. The van der Waals surface area contributed by atoms with Crippen LogP contribution >= 0.6 is 0 Å². The van der Waals surface area contributed by atoms with Crippen molar-refractivity contribution >= 4 is 5.84 Å². The Bertz CT molecular complexity index is 168. The van der Waals surface area contributed by atoms with Crippen LogP contribution in [0.5, 0.6) is 0 Å². The number of hydrogen-bond donors (Lipinski definition) is 3. The summed E-state index contributed by atoms with van der Waals surface area (Å²) in [5, 5.41) is 2.82. The number of nitrogens with zero attached hydrogens (tertiary/aromatic N) is 1. The summed E-state index contributed by atoms with van der Waals surface area (Å²) in [5.74, 6) is -0.266. The van der Waals surface area contributed by atoms with Crippen LogP contribution in [0.4, 0.5) is 0 Å². The van der Waals surface area contributed by atoms with Gasteiger partial charge in [0.15, 0.2) is 5.79 Å². The zero-order chi connectivity index (χ0) is 6.91. The Labute approximate surface area is 53.6 Å². The van der Waals surface area contributed by atoms with Crippen LogP contribution in [0.1, 0.15) is 6.92 Å². The van der Waals surface area contributed by atoms with Crippen molar-refractivity contribution in [3.8, 4) is 0 Å². The van der Waals surface area contributed by atoms with Gasteiger partial charge in [0.05, 0.1) is 0 Å². The fourth-order valence-electron chi connectivity index (χ4n) is 0.633. The fourth-order valence-corrected chi connectivity index (χ4v) is 0.633. The third-order valence-corrected chi connectivity index (χ3v) is 0.991. The summed E-state index contributed by atoms with van der Waals surface area (Å²) >= 11 is 0. The van der Waals surface area contributed by atoms with E-state index < -0.39 is 5.79 Å². The maximum Gasteiger partial charge on any atom is 0.181 e. The van der Waals surface area contributed by atoms with E-state index in [-0.39, 0.29) is 0 Å². The second-order valence-electron chi connectivity index (χ2n) is 2.16. The molecule has 1 atom stereocenters. The average Bonchev–Trinajstić information content (AvgIpc) is 1.60. The molecule has 1 rings (SSSR count). The van der Waals surface area contributed by atoms with Crippen LogP contribution in [0, 0.1) is 0 Å². The number of hydrogen-bond acceptors (Lipinski definition) is 4. The second-order valence-corrected chi connectivity index (χ2v) is 2.16. The number of nitrogens with one attached hydrogen (secondary N) is 1. The summed E-state index contributed by atoms with van der Waals surface area (Å²) < 4.78 is 0. The van der Waals surface area contributed by atoms with Crippen LogP contribution in [-0.2, 0) is 0 Å². The van der Waals surface area contributed by atoms with Gasteiger partial charge in [-0.2, -0.15) is 0 Å². The van der Waals surface area contributed by atoms with E-state index in [1.807, 2.05) is 0 Å². The summed E-state index contributed by atoms with van der Waals surface area (Å²) in [6.07, 6.45) is 3.34. The molecule has 1 aliphatic rings. The average molecular weight is 126 g/mol. The van der Waals surface area contributed by atoms with Crippen molar-refractivity contribution in [2.75, 3.05) is 0 Å². The smallest absolute Gasteiger partial charge is 0.181 e. The number of rotatable bonds is 0. The molecule has 1 unspecified atom stereocenters. The van der Waals surface area contributed by atoms with Gasteiger partial charge in [-0.25, -0.2) is 4.99 Å². The third kappa shape index (κ3) is 1.43. The molecule has 0 spiro atoms. The Morgan fingerprint density at radius 1 is 1.78 bits per heavy atom. The standard InChI is InChI=1S/C5H10N4/c1-5(7)8-3-2-4(6)9-5/h2-3,8H,7H2,1H3,(H2,6,9). The minimum absolute atomic E-state index is 0.457. The molecular weight excluding hydrogens is 116 g/mol. The van der Waals surface area contributed by atoms with Gasteiger partial charge in [0.1, 0.15) is 5.84 Å².